The first-order valence-corrected chi connectivity index (χ1v) is 10.7. The predicted octanol–water partition coefficient (Wildman–Crippen LogP) is 3.91. The fourth-order valence-corrected chi connectivity index (χ4v) is 3.87. The van der Waals surface area contributed by atoms with Gasteiger partial charge in [0.25, 0.3) is 0 Å². The lowest BCUT2D eigenvalue weighted by Crippen LogP contribution is -2.51. The third kappa shape index (κ3) is 5.68. The second-order valence-corrected chi connectivity index (χ2v) is 8.87. The first kappa shape index (κ1) is 24.0. The van der Waals surface area contributed by atoms with Gasteiger partial charge in [0.1, 0.15) is 11.0 Å². The van der Waals surface area contributed by atoms with Gasteiger partial charge in [0.15, 0.2) is 0 Å². The average Bonchev–Trinajstić information content (AvgIpc) is 3.08. The molecule has 8 nitrogen and oxygen atoms in total. The van der Waals surface area contributed by atoms with Gasteiger partial charge >= 0.3 is 12.1 Å². The number of ether oxygens (including phenoxy) is 2. The van der Waals surface area contributed by atoms with Gasteiger partial charge in [-0.15, -0.1) is 11.3 Å². The van der Waals surface area contributed by atoms with Gasteiger partial charge in [-0.25, -0.2) is 14.7 Å². The van der Waals surface area contributed by atoms with E-state index in [2.05, 4.69) is 4.98 Å². The number of carbonyl (C=O) groups is 3. The number of hydrogen-bond acceptors (Lipinski definition) is 8. The smallest absolute Gasteiger partial charge is 0.417 e. The van der Waals surface area contributed by atoms with E-state index >= 15 is 0 Å². The van der Waals surface area contributed by atoms with Gasteiger partial charge in [0.05, 0.1) is 35.9 Å². The summed E-state index contributed by atoms with van der Waals surface area (Å²) in [5.74, 6) is -1.49. The zero-order valence-electron chi connectivity index (χ0n) is 17.5. The van der Waals surface area contributed by atoms with Crippen molar-refractivity contribution in [3.05, 3.63) is 28.2 Å². The lowest BCUT2D eigenvalue weighted by molar-refractivity contribution is -0.143. The van der Waals surface area contributed by atoms with Gasteiger partial charge in [-0.3, -0.25) is 9.59 Å². The molecule has 0 aliphatic carbocycles. The summed E-state index contributed by atoms with van der Waals surface area (Å²) in [5, 5.41) is 0.875. The average molecular weight is 456 g/mol. The van der Waals surface area contributed by atoms with Crippen LogP contribution in [0.2, 0.25) is 5.02 Å². The van der Waals surface area contributed by atoms with E-state index in [1.165, 1.54) is 18.4 Å². The molecule has 2 amide bonds. The summed E-state index contributed by atoms with van der Waals surface area (Å²) < 4.78 is 10.9. The highest BCUT2D eigenvalue weighted by Gasteiger charge is 2.39. The van der Waals surface area contributed by atoms with Crippen LogP contribution in [0.4, 0.5) is 4.79 Å². The summed E-state index contributed by atoms with van der Waals surface area (Å²) in [6, 6.07) is 3.17. The Morgan fingerprint density at radius 3 is 2.47 bits per heavy atom. The largest absolute Gasteiger partial charge is 0.469 e. The Kier molecular flexibility index (Phi) is 8.17. The van der Waals surface area contributed by atoms with Crippen LogP contribution < -0.4 is 5.73 Å². The predicted molar refractivity (Wildman–Crippen MR) is 115 cm³/mol. The highest BCUT2D eigenvalue weighted by atomic mass is 35.5. The highest BCUT2D eigenvalue weighted by molar-refractivity contribution is 7.18. The first-order chi connectivity index (χ1) is 14.0. The van der Waals surface area contributed by atoms with Crippen molar-refractivity contribution < 1.29 is 23.9 Å². The highest BCUT2D eigenvalue weighted by Crippen LogP contribution is 2.34. The summed E-state index contributed by atoms with van der Waals surface area (Å²) in [4.78, 5) is 43.6. The number of benzene rings is 1. The molecule has 10 heteroatoms. The van der Waals surface area contributed by atoms with E-state index in [0.717, 1.165) is 9.60 Å². The van der Waals surface area contributed by atoms with Crippen LogP contribution in [0.5, 0.6) is 0 Å². The summed E-state index contributed by atoms with van der Waals surface area (Å²) in [6.07, 6.45) is -1.65. The maximum absolute atomic E-state index is 13.2. The SMILES string of the molecule is COC(=O)C[C@H](c1nc2cc(Cl)ccc2s1)N(C(=O)OC(C)C)C(=O)[C@@H](N)C(C)C. The molecule has 0 bridgehead atoms. The fourth-order valence-electron chi connectivity index (χ4n) is 2.67. The van der Waals surface area contributed by atoms with E-state index in [4.69, 9.17) is 26.8 Å². The van der Waals surface area contributed by atoms with E-state index in [1.54, 1.807) is 45.9 Å². The van der Waals surface area contributed by atoms with E-state index < -0.39 is 36.2 Å². The number of aromatic nitrogens is 1. The van der Waals surface area contributed by atoms with Crippen LogP contribution >= 0.6 is 22.9 Å². The molecular formula is C20H26ClN3O5S. The fraction of sp³-hybridized carbons (Fsp3) is 0.500. The molecule has 2 N–H and O–H groups in total. The number of esters is 1. The molecule has 0 saturated heterocycles. The van der Waals surface area contributed by atoms with E-state index in [1.807, 2.05) is 0 Å². The lowest BCUT2D eigenvalue weighted by Gasteiger charge is -2.31. The molecule has 1 heterocycles. The van der Waals surface area contributed by atoms with Gasteiger partial charge < -0.3 is 15.2 Å². The van der Waals surface area contributed by atoms with Crippen molar-refractivity contribution in [2.45, 2.75) is 52.3 Å². The summed E-state index contributed by atoms with van der Waals surface area (Å²) >= 11 is 7.30. The van der Waals surface area contributed by atoms with Crippen molar-refractivity contribution in [1.82, 2.24) is 9.88 Å². The molecular weight excluding hydrogens is 430 g/mol. The number of halogens is 1. The normalized spacial score (nSPS) is 13.4. The van der Waals surface area contributed by atoms with Gasteiger partial charge in [-0.2, -0.15) is 0 Å². The van der Waals surface area contributed by atoms with Gasteiger partial charge in [-0.1, -0.05) is 25.4 Å². The summed E-state index contributed by atoms with van der Waals surface area (Å²) in [5.41, 5.74) is 6.65. The third-order valence-corrected chi connectivity index (χ3v) is 5.70. The van der Waals surface area contributed by atoms with Crippen molar-refractivity contribution in [1.29, 1.82) is 0 Å². The molecule has 0 fully saturated rings. The number of rotatable bonds is 7. The monoisotopic (exact) mass is 455 g/mol. The Balaban J connectivity index is 2.59. The second kappa shape index (κ2) is 10.2. The van der Waals surface area contributed by atoms with Crippen molar-refractivity contribution in [3.8, 4) is 0 Å². The molecule has 0 aliphatic heterocycles. The van der Waals surface area contributed by atoms with Crippen LogP contribution in [0.15, 0.2) is 18.2 Å². The zero-order chi connectivity index (χ0) is 22.6. The Bertz CT molecular complexity index is 930. The Morgan fingerprint density at radius 1 is 1.23 bits per heavy atom. The standard InChI is InChI=1S/C20H26ClN3O5S/c1-10(2)17(22)19(26)24(20(27)29-11(3)4)14(9-16(25)28-5)18-23-13-8-12(21)6-7-15(13)30-18/h6-8,10-11,14,17H,9,22H2,1-5H3/t14-,17+/m1/s1. The van der Waals surface area contributed by atoms with E-state index in [-0.39, 0.29) is 12.3 Å². The quantitative estimate of drug-likeness (QED) is 0.629. The van der Waals surface area contributed by atoms with Crippen LogP contribution in [0.1, 0.15) is 45.2 Å². The molecule has 0 spiro atoms. The lowest BCUT2D eigenvalue weighted by atomic mass is 10.0. The van der Waals surface area contributed by atoms with Crippen LogP contribution in [-0.2, 0) is 19.1 Å². The minimum Gasteiger partial charge on any atom is -0.469 e. The molecule has 0 aliphatic rings. The minimum atomic E-state index is -1.03. The number of nitrogens with two attached hydrogens (primary N) is 1. The maximum Gasteiger partial charge on any atom is 0.417 e. The molecule has 0 saturated carbocycles. The van der Waals surface area contributed by atoms with Crippen LogP contribution in [0, 0.1) is 5.92 Å². The molecule has 164 valence electrons. The first-order valence-electron chi connectivity index (χ1n) is 9.47. The van der Waals surface area contributed by atoms with E-state index in [0.29, 0.717) is 15.5 Å². The van der Waals surface area contributed by atoms with Crippen LogP contribution in [0.3, 0.4) is 0 Å². The van der Waals surface area contributed by atoms with Gasteiger partial charge in [0, 0.05) is 5.02 Å². The van der Waals surface area contributed by atoms with Gasteiger partial charge in [-0.05, 0) is 38.0 Å². The molecule has 2 atom stereocenters. The number of methoxy groups -OCH3 is 1. The number of nitrogens with zero attached hydrogens (tertiary/aromatic N) is 2. The molecule has 1 aromatic carbocycles. The Labute approximate surface area is 184 Å². The van der Waals surface area contributed by atoms with Crippen molar-refractivity contribution in [3.63, 3.8) is 0 Å². The molecule has 0 radical (unpaired) electrons. The number of carbonyl (C=O) groups excluding carboxylic acids is 3. The molecule has 30 heavy (non-hydrogen) atoms. The van der Waals surface area contributed by atoms with Crippen molar-refractivity contribution >= 4 is 51.1 Å². The van der Waals surface area contributed by atoms with Crippen LogP contribution in [0.25, 0.3) is 10.2 Å². The third-order valence-electron chi connectivity index (χ3n) is 4.32. The molecule has 0 unspecified atom stereocenters. The number of amides is 2. The number of thiazole rings is 1. The summed E-state index contributed by atoms with van der Waals surface area (Å²) in [6.45, 7) is 6.86. The number of hydrogen-bond donors (Lipinski definition) is 1. The molecule has 2 aromatic rings. The van der Waals surface area contributed by atoms with Crippen molar-refractivity contribution in [2.24, 2.45) is 11.7 Å². The summed E-state index contributed by atoms with van der Waals surface area (Å²) in [7, 11) is 1.23. The molecule has 2 rings (SSSR count). The topological polar surface area (TPSA) is 112 Å². The minimum absolute atomic E-state index is 0.236. The van der Waals surface area contributed by atoms with Gasteiger partial charge in [0.2, 0.25) is 5.91 Å². The Hall–Kier alpha value is -2.23. The van der Waals surface area contributed by atoms with E-state index in [9.17, 15) is 14.4 Å². The van der Waals surface area contributed by atoms with Crippen molar-refractivity contribution in [2.75, 3.05) is 7.11 Å². The van der Waals surface area contributed by atoms with Crippen LogP contribution in [-0.4, -0.2) is 47.1 Å². The Morgan fingerprint density at radius 2 is 1.90 bits per heavy atom. The number of imide groups is 1. The zero-order valence-corrected chi connectivity index (χ0v) is 19.1. The molecule has 1 aromatic heterocycles. The second-order valence-electron chi connectivity index (χ2n) is 7.37. The number of fused-ring (bicyclic) bond motifs is 1. The maximum atomic E-state index is 13.2.